The van der Waals surface area contributed by atoms with Crippen LogP contribution in [-0.2, 0) is 36.8 Å². The van der Waals surface area contributed by atoms with Crippen molar-refractivity contribution in [2.75, 3.05) is 6.54 Å². The van der Waals surface area contributed by atoms with E-state index >= 15 is 0 Å². The van der Waals surface area contributed by atoms with Crippen LogP contribution in [0.1, 0.15) is 36.8 Å². The molecule has 1 aliphatic rings. The molecule has 2 aromatic rings. The molecule has 0 saturated carbocycles. The van der Waals surface area contributed by atoms with Crippen molar-refractivity contribution in [2.45, 2.75) is 62.7 Å². The Hall–Kier alpha value is -4.45. The zero-order valence-corrected chi connectivity index (χ0v) is 21.8. The molecule has 12 nitrogen and oxygen atoms in total. The first kappa shape index (κ1) is 30.1. The molecule has 3 rings (SSSR count). The fourth-order valence-corrected chi connectivity index (χ4v) is 4.39. The van der Waals surface area contributed by atoms with Gasteiger partial charge in [-0.3, -0.25) is 19.2 Å². The van der Waals surface area contributed by atoms with Crippen LogP contribution in [0.15, 0.2) is 54.6 Å². The maximum atomic E-state index is 13.3. The largest absolute Gasteiger partial charge is 0.508 e. The first-order valence-corrected chi connectivity index (χ1v) is 13.0. The van der Waals surface area contributed by atoms with Crippen LogP contribution in [0.3, 0.4) is 0 Å². The van der Waals surface area contributed by atoms with Gasteiger partial charge in [0.05, 0.1) is 6.04 Å². The maximum Gasteiger partial charge on any atom is 0.326 e. The highest BCUT2D eigenvalue weighted by molar-refractivity contribution is 5.94. The predicted octanol–water partition coefficient (Wildman–Crippen LogP) is 0.333. The smallest absolute Gasteiger partial charge is 0.326 e. The highest BCUT2D eigenvalue weighted by Gasteiger charge is 2.32. The summed E-state index contributed by atoms with van der Waals surface area (Å²) in [4.78, 5) is 62.5. The summed E-state index contributed by atoms with van der Waals surface area (Å²) in [7, 11) is 0. The van der Waals surface area contributed by atoms with Crippen molar-refractivity contribution in [1.82, 2.24) is 21.3 Å². The predicted molar refractivity (Wildman–Crippen MR) is 143 cm³/mol. The molecule has 214 valence electrons. The maximum absolute atomic E-state index is 13.3. The number of carboxylic acid groups (broad SMARTS) is 2. The van der Waals surface area contributed by atoms with Crippen LogP contribution in [0.4, 0.5) is 0 Å². The number of benzene rings is 2. The second-order valence-corrected chi connectivity index (χ2v) is 9.66. The number of aliphatic carboxylic acids is 2. The van der Waals surface area contributed by atoms with Gasteiger partial charge in [0, 0.05) is 19.3 Å². The van der Waals surface area contributed by atoms with Gasteiger partial charge in [0.2, 0.25) is 17.7 Å². The van der Waals surface area contributed by atoms with Crippen LogP contribution in [0.5, 0.6) is 5.75 Å². The minimum Gasteiger partial charge on any atom is -0.508 e. The average molecular weight is 555 g/mol. The molecule has 3 amide bonds. The Morgan fingerprint density at radius 1 is 0.800 bits per heavy atom. The van der Waals surface area contributed by atoms with Gasteiger partial charge in [-0.15, -0.1) is 0 Å². The second-order valence-electron chi connectivity index (χ2n) is 9.66. The Morgan fingerprint density at radius 3 is 2.00 bits per heavy atom. The SMILES string of the molecule is O=C(O)CCC(NC(=O)C1CCCN1)C(=O)NC(Cc1ccccc1)C(=O)NC(Cc1ccc(O)cc1)C(=O)O. The van der Waals surface area contributed by atoms with Gasteiger partial charge < -0.3 is 36.6 Å². The number of carbonyl (C=O) groups excluding carboxylic acids is 3. The van der Waals surface area contributed by atoms with E-state index < -0.39 is 53.8 Å². The molecule has 4 atom stereocenters. The van der Waals surface area contributed by atoms with Crippen LogP contribution < -0.4 is 21.3 Å². The van der Waals surface area contributed by atoms with Crippen molar-refractivity contribution in [2.24, 2.45) is 0 Å². The van der Waals surface area contributed by atoms with Crippen molar-refractivity contribution in [3.05, 3.63) is 65.7 Å². The standard InChI is InChI=1S/C28H34N4O8/c33-19-10-8-18(9-11-19)16-23(28(39)40)32-27(38)22(15-17-5-2-1-3-6-17)31-26(37)21(12-13-24(34)35)30-25(36)20-7-4-14-29-20/h1-3,5-6,8-11,20-23,29,33H,4,7,12-16H2,(H,30,36)(H,31,37)(H,32,38)(H,34,35)(H,39,40). The summed E-state index contributed by atoms with van der Waals surface area (Å²) in [6.45, 7) is 0.651. The summed E-state index contributed by atoms with van der Waals surface area (Å²) in [6, 6.07) is 10.4. The Bertz CT molecular complexity index is 1180. The van der Waals surface area contributed by atoms with E-state index in [0.717, 1.165) is 6.42 Å². The normalized spacial score (nSPS) is 16.8. The molecule has 4 unspecified atom stereocenters. The lowest BCUT2D eigenvalue weighted by Gasteiger charge is -2.25. The quantitative estimate of drug-likeness (QED) is 0.172. The molecule has 0 spiro atoms. The van der Waals surface area contributed by atoms with Crippen LogP contribution in [-0.4, -0.2) is 75.7 Å². The molecular formula is C28H34N4O8. The van der Waals surface area contributed by atoms with Gasteiger partial charge in [-0.1, -0.05) is 42.5 Å². The van der Waals surface area contributed by atoms with Crippen LogP contribution >= 0.6 is 0 Å². The van der Waals surface area contributed by atoms with Crippen molar-refractivity contribution in [1.29, 1.82) is 0 Å². The number of rotatable bonds is 14. The molecule has 1 fully saturated rings. The van der Waals surface area contributed by atoms with Gasteiger partial charge in [-0.2, -0.15) is 0 Å². The molecule has 1 saturated heterocycles. The number of nitrogens with one attached hydrogen (secondary N) is 4. The highest BCUT2D eigenvalue weighted by atomic mass is 16.4. The molecule has 1 aliphatic heterocycles. The number of phenolic OH excluding ortho intramolecular Hbond substituents is 1. The number of phenols is 1. The first-order valence-electron chi connectivity index (χ1n) is 13.0. The lowest BCUT2D eigenvalue weighted by atomic mass is 10.0. The third-order valence-electron chi connectivity index (χ3n) is 6.56. The highest BCUT2D eigenvalue weighted by Crippen LogP contribution is 2.13. The summed E-state index contributed by atoms with van der Waals surface area (Å²) >= 11 is 0. The zero-order valence-electron chi connectivity index (χ0n) is 21.8. The van der Waals surface area contributed by atoms with Crippen molar-refractivity contribution in [3.8, 4) is 5.75 Å². The van der Waals surface area contributed by atoms with E-state index in [1.54, 1.807) is 30.3 Å². The molecule has 12 heteroatoms. The summed E-state index contributed by atoms with van der Waals surface area (Å²) < 4.78 is 0. The topological polar surface area (TPSA) is 194 Å². The molecule has 0 aliphatic carbocycles. The average Bonchev–Trinajstić information content (AvgIpc) is 3.47. The second kappa shape index (κ2) is 14.6. The number of carboxylic acids is 2. The minimum atomic E-state index is -1.33. The van der Waals surface area contributed by atoms with Gasteiger partial charge >= 0.3 is 11.9 Å². The van der Waals surface area contributed by atoms with Crippen LogP contribution in [0.25, 0.3) is 0 Å². The lowest BCUT2D eigenvalue weighted by Crippen LogP contribution is -2.57. The Labute approximate surface area is 231 Å². The Kier molecular flexibility index (Phi) is 11.0. The van der Waals surface area contributed by atoms with Gasteiger partial charge in [0.15, 0.2) is 0 Å². The third kappa shape index (κ3) is 9.38. The van der Waals surface area contributed by atoms with E-state index in [4.69, 9.17) is 5.11 Å². The molecule has 2 aromatic carbocycles. The molecule has 1 heterocycles. The summed E-state index contributed by atoms with van der Waals surface area (Å²) in [5, 5.41) is 39.1. The fourth-order valence-electron chi connectivity index (χ4n) is 4.39. The summed E-state index contributed by atoms with van der Waals surface area (Å²) in [6.07, 6.45) is 0.735. The number of hydrogen-bond acceptors (Lipinski definition) is 7. The lowest BCUT2D eigenvalue weighted by molar-refractivity contribution is -0.142. The van der Waals surface area contributed by atoms with E-state index in [1.165, 1.54) is 24.3 Å². The van der Waals surface area contributed by atoms with E-state index in [1.807, 2.05) is 0 Å². The molecule has 0 aromatic heterocycles. The zero-order chi connectivity index (χ0) is 29.1. The number of hydrogen-bond donors (Lipinski definition) is 7. The van der Waals surface area contributed by atoms with E-state index in [2.05, 4.69) is 21.3 Å². The fraction of sp³-hybridized carbons (Fsp3) is 0.393. The van der Waals surface area contributed by atoms with Gasteiger partial charge in [-0.05, 0) is 49.1 Å². The van der Waals surface area contributed by atoms with E-state index in [0.29, 0.717) is 24.1 Å². The Morgan fingerprint density at radius 2 is 1.40 bits per heavy atom. The van der Waals surface area contributed by atoms with Gasteiger partial charge in [0.25, 0.3) is 0 Å². The molecular weight excluding hydrogens is 520 g/mol. The van der Waals surface area contributed by atoms with E-state index in [-0.39, 0.29) is 31.4 Å². The van der Waals surface area contributed by atoms with Crippen LogP contribution in [0.2, 0.25) is 0 Å². The molecule has 40 heavy (non-hydrogen) atoms. The first-order chi connectivity index (χ1) is 19.1. The number of aromatic hydroxyl groups is 1. The minimum absolute atomic E-state index is 0.0125. The van der Waals surface area contributed by atoms with Crippen molar-refractivity contribution in [3.63, 3.8) is 0 Å². The summed E-state index contributed by atoms with van der Waals surface area (Å²) in [5.41, 5.74) is 1.25. The van der Waals surface area contributed by atoms with Crippen molar-refractivity contribution >= 4 is 29.7 Å². The van der Waals surface area contributed by atoms with Crippen molar-refractivity contribution < 1.29 is 39.3 Å². The molecule has 7 N–H and O–H groups in total. The van der Waals surface area contributed by atoms with Crippen LogP contribution in [0, 0.1) is 0 Å². The molecule has 0 radical (unpaired) electrons. The summed E-state index contributed by atoms with van der Waals surface area (Å²) in [5.74, 6) is -4.38. The number of carbonyl (C=O) groups is 5. The number of amides is 3. The van der Waals surface area contributed by atoms with Gasteiger partial charge in [0.1, 0.15) is 23.9 Å². The third-order valence-corrected chi connectivity index (χ3v) is 6.56. The molecule has 0 bridgehead atoms. The monoisotopic (exact) mass is 554 g/mol. The Balaban J connectivity index is 1.77. The van der Waals surface area contributed by atoms with Gasteiger partial charge in [-0.25, -0.2) is 4.79 Å². The van der Waals surface area contributed by atoms with E-state index in [9.17, 15) is 34.2 Å².